The molecule has 1 aromatic carbocycles. The molecule has 1 rings (SSSR count). The molecule has 0 radical (unpaired) electrons. The van der Waals surface area contributed by atoms with E-state index in [1.807, 2.05) is 0 Å². The van der Waals surface area contributed by atoms with Gasteiger partial charge in [0, 0.05) is 18.6 Å². The van der Waals surface area contributed by atoms with Crippen LogP contribution in [0, 0.1) is 0 Å². The van der Waals surface area contributed by atoms with Gasteiger partial charge in [0.1, 0.15) is 12.4 Å². The van der Waals surface area contributed by atoms with Crippen LogP contribution in [0.25, 0.3) is 0 Å². The molecule has 1 unspecified atom stereocenters. The van der Waals surface area contributed by atoms with E-state index in [1.165, 1.54) is 18.2 Å². The van der Waals surface area contributed by atoms with Gasteiger partial charge in [0.2, 0.25) is 0 Å². The van der Waals surface area contributed by atoms with Crippen LogP contribution in [0.2, 0.25) is 0 Å². The predicted molar refractivity (Wildman–Crippen MR) is 59.5 cm³/mol. The van der Waals surface area contributed by atoms with E-state index >= 15 is 0 Å². The zero-order chi connectivity index (χ0) is 15.2. The predicted octanol–water partition coefficient (Wildman–Crippen LogP) is 3.29. The number of hydrogen-bond donors (Lipinski definition) is 1. The summed E-state index contributed by atoms with van der Waals surface area (Å²) in [6.45, 7) is -0.987. The topological polar surface area (TPSA) is 38.7 Å². The molecule has 8 heteroatoms. The summed E-state index contributed by atoms with van der Waals surface area (Å²) < 4.78 is 68.4. The molecule has 0 saturated carbocycles. The summed E-state index contributed by atoms with van der Waals surface area (Å²) in [6, 6.07) is 5.08. The molecule has 0 bridgehead atoms. The Kier molecular flexibility index (Phi) is 6.15. The molecule has 0 aliphatic rings. The highest BCUT2D eigenvalue weighted by Crippen LogP contribution is 2.31. The third kappa shape index (κ3) is 6.16. The summed E-state index contributed by atoms with van der Waals surface area (Å²) >= 11 is 0. The van der Waals surface area contributed by atoms with E-state index in [4.69, 9.17) is 0 Å². The minimum absolute atomic E-state index is 0.0783. The van der Waals surface area contributed by atoms with Crippen molar-refractivity contribution >= 4 is 0 Å². The zero-order valence-corrected chi connectivity index (χ0v) is 10.2. The Morgan fingerprint density at radius 2 is 1.80 bits per heavy atom. The van der Waals surface area contributed by atoms with Crippen LogP contribution in [0.15, 0.2) is 24.3 Å². The molecule has 1 N–H and O–H groups in total. The first-order chi connectivity index (χ1) is 9.29. The second-order valence-electron chi connectivity index (χ2n) is 3.86. The van der Waals surface area contributed by atoms with Gasteiger partial charge in [-0.25, -0.2) is 8.78 Å². The van der Waals surface area contributed by atoms with E-state index < -0.39 is 31.2 Å². The standard InChI is InChI=1S/C12H13F5O3/c13-11(14)7-19-6-5-9(18)8-3-1-2-4-10(8)20-12(15,16)17/h1-4,9,11,18H,5-7H2. The number of hydrogen-bond acceptors (Lipinski definition) is 3. The molecule has 0 saturated heterocycles. The molecule has 1 atom stereocenters. The van der Waals surface area contributed by atoms with Crippen molar-refractivity contribution in [3.05, 3.63) is 29.8 Å². The molecule has 0 aromatic heterocycles. The van der Waals surface area contributed by atoms with Crippen molar-refractivity contribution in [1.82, 2.24) is 0 Å². The van der Waals surface area contributed by atoms with Gasteiger partial charge in [-0.15, -0.1) is 13.2 Å². The Bertz CT molecular complexity index is 408. The van der Waals surface area contributed by atoms with Crippen molar-refractivity contribution < 1.29 is 36.5 Å². The molecular formula is C12H13F5O3. The summed E-state index contributed by atoms with van der Waals surface area (Å²) in [5.41, 5.74) is -0.0783. The average molecular weight is 300 g/mol. The van der Waals surface area contributed by atoms with Crippen molar-refractivity contribution in [2.45, 2.75) is 25.3 Å². The molecule has 0 fully saturated rings. The fraction of sp³-hybridized carbons (Fsp3) is 0.500. The van der Waals surface area contributed by atoms with Crippen LogP contribution in [0.3, 0.4) is 0 Å². The Morgan fingerprint density at radius 1 is 1.15 bits per heavy atom. The Morgan fingerprint density at radius 3 is 2.40 bits per heavy atom. The molecule has 0 aliphatic carbocycles. The lowest BCUT2D eigenvalue weighted by Gasteiger charge is -2.17. The maximum absolute atomic E-state index is 12.2. The molecule has 0 spiro atoms. The van der Waals surface area contributed by atoms with E-state index in [2.05, 4.69) is 9.47 Å². The van der Waals surface area contributed by atoms with Crippen LogP contribution >= 0.6 is 0 Å². The highest BCUT2D eigenvalue weighted by atomic mass is 19.4. The lowest BCUT2D eigenvalue weighted by atomic mass is 10.1. The van der Waals surface area contributed by atoms with Crippen LogP contribution in [0.5, 0.6) is 5.75 Å². The Balaban J connectivity index is 2.61. The highest BCUT2D eigenvalue weighted by molar-refractivity contribution is 5.35. The molecule has 1 aromatic rings. The largest absolute Gasteiger partial charge is 0.573 e. The minimum atomic E-state index is -4.87. The fourth-order valence-corrected chi connectivity index (χ4v) is 1.50. The first kappa shape index (κ1) is 16.6. The van der Waals surface area contributed by atoms with Gasteiger partial charge in [-0.1, -0.05) is 18.2 Å². The average Bonchev–Trinajstić information content (AvgIpc) is 2.33. The first-order valence-electron chi connectivity index (χ1n) is 5.68. The summed E-state index contributed by atoms with van der Waals surface area (Å²) in [7, 11) is 0. The number of aliphatic hydroxyl groups is 1. The van der Waals surface area contributed by atoms with Gasteiger partial charge in [0.15, 0.2) is 0 Å². The van der Waals surface area contributed by atoms with E-state index in [0.717, 1.165) is 6.07 Å². The highest BCUT2D eigenvalue weighted by Gasteiger charge is 2.32. The van der Waals surface area contributed by atoms with Gasteiger partial charge >= 0.3 is 6.36 Å². The smallest absolute Gasteiger partial charge is 0.405 e. The number of rotatable bonds is 7. The number of halogens is 5. The van der Waals surface area contributed by atoms with Crippen LogP contribution in [0.4, 0.5) is 22.0 Å². The van der Waals surface area contributed by atoms with Gasteiger partial charge < -0.3 is 14.6 Å². The molecule has 0 heterocycles. The summed E-state index contributed by atoms with van der Waals surface area (Å²) in [4.78, 5) is 0. The van der Waals surface area contributed by atoms with Crippen LogP contribution in [-0.4, -0.2) is 31.1 Å². The van der Waals surface area contributed by atoms with Crippen LogP contribution in [0.1, 0.15) is 18.1 Å². The monoisotopic (exact) mass is 300 g/mol. The molecule has 114 valence electrons. The van der Waals surface area contributed by atoms with Gasteiger partial charge in [-0.2, -0.15) is 0 Å². The number of benzene rings is 1. The molecule has 0 aliphatic heterocycles. The van der Waals surface area contributed by atoms with Crippen molar-refractivity contribution in [2.75, 3.05) is 13.2 Å². The van der Waals surface area contributed by atoms with Gasteiger partial charge in [-0.05, 0) is 6.07 Å². The molecular weight excluding hydrogens is 287 g/mol. The third-order valence-electron chi connectivity index (χ3n) is 2.28. The van der Waals surface area contributed by atoms with Gasteiger partial charge in [-0.3, -0.25) is 0 Å². The third-order valence-corrected chi connectivity index (χ3v) is 2.28. The molecule has 3 nitrogen and oxygen atoms in total. The SMILES string of the molecule is OC(CCOCC(F)F)c1ccccc1OC(F)(F)F. The normalized spacial score (nSPS) is 13.6. The van der Waals surface area contributed by atoms with E-state index in [9.17, 15) is 27.1 Å². The minimum Gasteiger partial charge on any atom is -0.405 e. The maximum Gasteiger partial charge on any atom is 0.573 e. The summed E-state index contributed by atoms with van der Waals surface area (Å²) in [5, 5.41) is 9.75. The Labute approximate surface area is 111 Å². The quantitative estimate of drug-likeness (QED) is 0.620. The second kappa shape index (κ2) is 7.39. The number of ether oxygens (including phenoxy) is 2. The molecule has 20 heavy (non-hydrogen) atoms. The first-order valence-corrected chi connectivity index (χ1v) is 5.68. The van der Waals surface area contributed by atoms with E-state index in [-0.39, 0.29) is 18.6 Å². The summed E-state index contributed by atoms with van der Waals surface area (Å²) in [6.07, 6.45) is -8.92. The number of aliphatic hydroxyl groups excluding tert-OH is 1. The maximum atomic E-state index is 12.2. The lowest BCUT2D eigenvalue weighted by Crippen LogP contribution is -2.19. The van der Waals surface area contributed by atoms with Crippen molar-refractivity contribution in [3.63, 3.8) is 0 Å². The zero-order valence-electron chi connectivity index (χ0n) is 10.2. The molecule has 0 amide bonds. The Hall–Kier alpha value is -1.41. The fourth-order valence-electron chi connectivity index (χ4n) is 1.50. The number of para-hydroxylation sites is 1. The van der Waals surface area contributed by atoms with Crippen molar-refractivity contribution in [1.29, 1.82) is 0 Å². The lowest BCUT2D eigenvalue weighted by molar-refractivity contribution is -0.275. The van der Waals surface area contributed by atoms with Crippen molar-refractivity contribution in [3.8, 4) is 5.75 Å². The van der Waals surface area contributed by atoms with Gasteiger partial charge in [0.05, 0.1) is 6.10 Å². The van der Waals surface area contributed by atoms with E-state index in [1.54, 1.807) is 0 Å². The van der Waals surface area contributed by atoms with E-state index in [0.29, 0.717) is 0 Å². The van der Waals surface area contributed by atoms with Crippen molar-refractivity contribution in [2.24, 2.45) is 0 Å². The van der Waals surface area contributed by atoms with Crippen LogP contribution < -0.4 is 4.74 Å². The summed E-state index contributed by atoms with van der Waals surface area (Å²) in [5.74, 6) is -0.527. The second-order valence-corrected chi connectivity index (χ2v) is 3.86. The van der Waals surface area contributed by atoms with Crippen LogP contribution in [-0.2, 0) is 4.74 Å². The number of alkyl halides is 5. The van der Waals surface area contributed by atoms with Gasteiger partial charge in [0.25, 0.3) is 6.43 Å².